The number of nitrogens with one attached hydrogen (secondary N) is 1. The highest BCUT2D eigenvalue weighted by Crippen LogP contribution is 2.28. The molecule has 0 fully saturated rings. The number of hydrogen-bond acceptors (Lipinski definition) is 3. The molecule has 156 valence electrons. The van der Waals surface area contributed by atoms with Crippen molar-refractivity contribution in [3.63, 3.8) is 0 Å². The van der Waals surface area contributed by atoms with Crippen LogP contribution < -0.4 is 5.32 Å². The summed E-state index contributed by atoms with van der Waals surface area (Å²) in [4.78, 5) is 17.4. The van der Waals surface area contributed by atoms with E-state index in [-0.39, 0.29) is 5.82 Å². The molecule has 0 atom stereocenters. The number of hydrogen-bond donors (Lipinski definition) is 1. The van der Waals surface area contributed by atoms with Gasteiger partial charge in [-0.1, -0.05) is 68.9 Å². The van der Waals surface area contributed by atoms with Gasteiger partial charge >= 0.3 is 0 Å². The van der Waals surface area contributed by atoms with Gasteiger partial charge in [0.05, 0.1) is 15.7 Å². The Hall–Kier alpha value is -2.38. The highest BCUT2D eigenvalue weighted by Gasteiger charge is 2.20. The van der Waals surface area contributed by atoms with Crippen LogP contribution >= 0.6 is 50.7 Å². The number of benzene rings is 3. The van der Waals surface area contributed by atoms with E-state index in [9.17, 15) is 4.79 Å². The smallest absolute Gasteiger partial charge is 0.295 e. The third-order valence-electron chi connectivity index (χ3n) is 4.51. The molecule has 5 nitrogen and oxygen atoms in total. The second-order valence-electron chi connectivity index (χ2n) is 6.69. The van der Waals surface area contributed by atoms with Crippen molar-refractivity contribution in [1.29, 1.82) is 0 Å². The lowest BCUT2D eigenvalue weighted by molar-refractivity contribution is 0.101. The lowest BCUT2D eigenvalue weighted by atomic mass is 10.2. The van der Waals surface area contributed by atoms with Gasteiger partial charge in [0, 0.05) is 20.7 Å². The number of aryl methyl sites for hydroxylation is 1. The van der Waals surface area contributed by atoms with Crippen LogP contribution in [0.25, 0.3) is 17.1 Å². The van der Waals surface area contributed by atoms with Crippen LogP contribution in [0.15, 0.2) is 65.1 Å². The molecule has 0 radical (unpaired) electrons. The average Bonchev–Trinajstić information content (AvgIpc) is 3.19. The van der Waals surface area contributed by atoms with E-state index >= 15 is 0 Å². The molecule has 0 saturated heterocycles. The highest BCUT2D eigenvalue weighted by molar-refractivity contribution is 9.10. The Kier molecular flexibility index (Phi) is 6.34. The maximum Gasteiger partial charge on any atom is 0.295 e. The van der Waals surface area contributed by atoms with Crippen molar-refractivity contribution >= 4 is 62.3 Å². The monoisotopic (exact) mass is 534 g/mol. The lowest BCUT2D eigenvalue weighted by Gasteiger charge is -2.07. The molecule has 3 aromatic carbocycles. The fourth-order valence-corrected chi connectivity index (χ4v) is 3.63. The first-order valence-electron chi connectivity index (χ1n) is 9.08. The first kappa shape index (κ1) is 21.8. The van der Waals surface area contributed by atoms with E-state index < -0.39 is 5.91 Å². The first-order chi connectivity index (χ1) is 14.8. The molecule has 0 aliphatic heterocycles. The Morgan fingerprint density at radius 3 is 2.42 bits per heavy atom. The molecule has 1 N–H and O–H groups in total. The van der Waals surface area contributed by atoms with Crippen LogP contribution in [0.5, 0.6) is 0 Å². The zero-order valence-corrected chi connectivity index (χ0v) is 19.9. The number of nitrogens with zero attached hydrogens (tertiary/aromatic N) is 3. The van der Waals surface area contributed by atoms with Crippen LogP contribution in [0.1, 0.15) is 16.2 Å². The van der Waals surface area contributed by atoms with Crippen molar-refractivity contribution in [2.24, 2.45) is 0 Å². The van der Waals surface area contributed by atoms with E-state index in [1.54, 1.807) is 35.0 Å². The van der Waals surface area contributed by atoms with Gasteiger partial charge < -0.3 is 5.32 Å². The van der Waals surface area contributed by atoms with Crippen LogP contribution in [0.4, 0.5) is 5.69 Å². The molecule has 0 aliphatic rings. The van der Waals surface area contributed by atoms with Crippen LogP contribution in [0.3, 0.4) is 0 Å². The summed E-state index contributed by atoms with van der Waals surface area (Å²) in [5.41, 5.74) is 2.86. The number of rotatable bonds is 4. The quantitative estimate of drug-likeness (QED) is 0.300. The molecular weight excluding hydrogens is 523 g/mol. The minimum Gasteiger partial charge on any atom is -0.319 e. The van der Waals surface area contributed by atoms with Gasteiger partial charge in [0.1, 0.15) is 0 Å². The molecular formula is C22H14BrCl3N4O. The standard InChI is InChI=1S/C22H14BrCl3N4O/c1-12-2-7-15(24)10-19(12)27-22(31)20-28-21(13-3-5-14(23)6-4-13)30(29-20)16-8-9-17(25)18(26)11-16/h2-11H,1H3,(H,27,31). The Balaban J connectivity index is 1.78. The number of carbonyl (C=O) groups excluding carboxylic acids is 1. The summed E-state index contributed by atoms with van der Waals surface area (Å²) in [6.45, 7) is 1.88. The van der Waals surface area contributed by atoms with E-state index in [0.717, 1.165) is 15.6 Å². The number of amides is 1. The third kappa shape index (κ3) is 4.77. The van der Waals surface area contributed by atoms with E-state index in [1.165, 1.54) is 0 Å². The topological polar surface area (TPSA) is 59.8 Å². The number of carbonyl (C=O) groups is 1. The molecule has 0 saturated carbocycles. The van der Waals surface area contributed by atoms with E-state index in [0.29, 0.717) is 32.3 Å². The van der Waals surface area contributed by atoms with Gasteiger partial charge in [-0.3, -0.25) is 4.79 Å². The zero-order valence-electron chi connectivity index (χ0n) is 16.0. The third-order valence-corrected chi connectivity index (χ3v) is 6.01. The molecule has 0 bridgehead atoms. The number of anilines is 1. The van der Waals surface area contributed by atoms with Crippen molar-refractivity contribution in [2.45, 2.75) is 6.92 Å². The van der Waals surface area contributed by atoms with E-state index in [2.05, 4.69) is 31.3 Å². The maximum atomic E-state index is 12.9. The summed E-state index contributed by atoms with van der Waals surface area (Å²) in [6, 6.07) is 17.9. The van der Waals surface area contributed by atoms with Gasteiger partial charge in [-0.15, -0.1) is 5.10 Å². The van der Waals surface area contributed by atoms with Crippen molar-refractivity contribution < 1.29 is 4.79 Å². The molecule has 0 spiro atoms. The van der Waals surface area contributed by atoms with Gasteiger partial charge in [0.2, 0.25) is 5.82 Å². The summed E-state index contributed by atoms with van der Waals surface area (Å²) >= 11 is 21.7. The Morgan fingerprint density at radius 1 is 0.968 bits per heavy atom. The first-order valence-corrected chi connectivity index (χ1v) is 11.0. The highest BCUT2D eigenvalue weighted by atomic mass is 79.9. The Labute approximate surface area is 202 Å². The summed E-state index contributed by atoms with van der Waals surface area (Å²) < 4.78 is 2.48. The van der Waals surface area contributed by atoms with Gasteiger partial charge in [-0.2, -0.15) is 0 Å². The van der Waals surface area contributed by atoms with Crippen molar-refractivity contribution in [1.82, 2.24) is 14.8 Å². The molecule has 4 aromatic rings. The van der Waals surface area contributed by atoms with Crippen LogP contribution in [0.2, 0.25) is 15.1 Å². The molecule has 4 rings (SSSR count). The zero-order chi connectivity index (χ0) is 22.1. The molecule has 1 heterocycles. The molecule has 9 heteroatoms. The maximum absolute atomic E-state index is 12.9. The summed E-state index contributed by atoms with van der Waals surface area (Å²) in [7, 11) is 0. The van der Waals surface area contributed by atoms with Crippen LogP contribution in [-0.4, -0.2) is 20.7 Å². The van der Waals surface area contributed by atoms with Crippen molar-refractivity contribution in [2.75, 3.05) is 5.32 Å². The Morgan fingerprint density at radius 2 is 1.71 bits per heavy atom. The molecule has 0 unspecified atom stereocenters. The van der Waals surface area contributed by atoms with Crippen molar-refractivity contribution in [3.05, 3.63) is 91.6 Å². The normalized spacial score (nSPS) is 10.9. The summed E-state index contributed by atoms with van der Waals surface area (Å²) in [5, 5.41) is 8.58. The fourth-order valence-electron chi connectivity index (χ4n) is 2.90. The van der Waals surface area contributed by atoms with Crippen LogP contribution in [-0.2, 0) is 0 Å². The Bertz CT molecular complexity index is 1290. The van der Waals surface area contributed by atoms with Gasteiger partial charge in [-0.25, -0.2) is 9.67 Å². The van der Waals surface area contributed by atoms with E-state index in [1.807, 2.05) is 37.3 Å². The predicted molar refractivity (Wildman–Crippen MR) is 129 cm³/mol. The predicted octanol–water partition coefficient (Wildman–Crippen LogP) is 7.22. The van der Waals surface area contributed by atoms with Crippen LogP contribution in [0, 0.1) is 6.92 Å². The van der Waals surface area contributed by atoms with Gasteiger partial charge in [-0.05, 0) is 55.0 Å². The average molecular weight is 537 g/mol. The second-order valence-corrected chi connectivity index (χ2v) is 8.86. The number of aromatic nitrogens is 3. The summed E-state index contributed by atoms with van der Waals surface area (Å²) in [6.07, 6.45) is 0. The summed E-state index contributed by atoms with van der Waals surface area (Å²) in [5.74, 6) is 0.0322. The molecule has 0 aliphatic carbocycles. The largest absolute Gasteiger partial charge is 0.319 e. The van der Waals surface area contributed by atoms with E-state index in [4.69, 9.17) is 34.8 Å². The minimum absolute atomic E-state index is 0.00312. The molecule has 1 amide bonds. The van der Waals surface area contributed by atoms with Crippen molar-refractivity contribution in [3.8, 4) is 17.1 Å². The van der Waals surface area contributed by atoms with Gasteiger partial charge in [0.25, 0.3) is 5.91 Å². The second kappa shape index (κ2) is 9.01. The molecule has 31 heavy (non-hydrogen) atoms. The SMILES string of the molecule is Cc1ccc(Cl)cc1NC(=O)c1nc(-c2ccc(Br)cc2)n(-c2ccc(Cl)c(Cl)c2)n1. The fraction of sp³-hybridized carbons (Fsp3) is 0.0455. The lowest BCUT2D eigenvalue weighted by Crippen LogP contribution is -2.15. The van der Waals surface area contributed by atoms with Gasteiger partial charge in [0.15, 0.2) is 5.82 Å². The molecule has 1 aromatic heterocycles. The minimum atomic E-state index is -0.456. The number of halogens is 4.